The first-order chi connectivity index (χ1) is 11.3. The Morgan fingerprint density at radius 3 is 2.65 bits per heavy atom. The third kappa shape index (κ3) is 2.19. The first-order valence-electron chi connectivity index (χ1n) is 7.04. The topological polar surface area (TPSA) is 60.7 Å². The second kappa shape index (κ2) is 5.48. The van der Waals surface area contributed by atoms with E-state index in [0.29, 0.717) is 10.7 Å². The van der Waals surface area contributed by atoms with Crippen LogP contribution in [0.15, 0.2) is 64.9 Å². The van der Waals surface area contributed by atoms with Crippen LogP contribution in [-0.4, -0.2) is 25.8 Å². The lowest BCUT2D eigenvalue weighted by Crippen LogP contribution is -2.20. The van der Waals surface area contributed by atoms with Crippen molar-refractivity contribution >= 4 is 33.6 Å². The summed E-state index contributed by atoms with van der Waals surface area (Å²) >= 11 is 1.42. The highest BCUT2D eigenvalue weighted by molar-refractivity contribution is 7.98. The predicted molar refractivity (Wildman–Crippen MR) is 92.2 cm³/mol. The summed E-state index contributed by atoms with van der Waals surface area (Å²) in [5.41, 5.74) is 1.80. The molecule has 0 N–H and O–H groups in total. The molecule has 0 spiro atoms. The molecular weight excluding hydrogens is 308 g/mol. The maximum atomic E-state index is 13.0. The van der Waals surface area contributed by atoms with E-state index in [1.807, 2.05) is 42.7 Å². The normalized spacial score (nSPS) is 11.2. The fourth-order valence-electron chi connectivity index (χ4n) is 2.66. The van der Waals surface area contributed by atoms with Gasteiger partial charge in [0.25, 0.3) is 5.56 Å². The number of hydrogen-bond acceptors (Lipinski definition) is 5. The van der Waals surface area contributed by atoms with E-state index >= 15 is 0 Å². The second-order valence-electron chi connectivity index (χ2n) is 4.99. The summed E-state index contributed by atoms with van der Waals surface area (Å²) in [4.78, 5) is 26.0. The molecule has 3 aromatic heterocycles. The number of benzene rings is 1. The van der Waals surface area contributed by atoms with E-state index in [4.69, 9.17) is 0 Å². The van der Waals surface area contributed by atoms with E-state index in [-0.39, 0.29) is 5.56 Å². The number of thioether (sulfide) groups is 1. The minimum atomic E-state index is -0.163. The molecule has 0 aliphatic heterocycles. The van der Waals surface area contributed by atoms with E-state index in [2.05, 4.69) is 15.0 Å². The van der Waals surface area contributed by atoms with Crippen molar-refractivity contribution in [3.05, 3.63) is 65.3 Å². The van der Waals surface area contributed by atoms with Gasteiger partial charge in [-0.3, -0.25) is 14.3 Å². The lowest BCUT2D eigenvalue weighted by atomic mass is 10.1. The van der Waals surface area contributed by atoms with E-state index in [9.17, 15) is 4.79 Å². The molecule has 0 aliphatic rings. The average Bonchev–Trinajstić information content (AvgIpc) is 2.62. The number of aromatic nitrogens is 4. The van der Waals surface area contributed by atoms with Crippen LogP contribution in [0.5, 0.6) is 0 Å². The summed E-state index contributed by atoms with van der Waals surface area (Å²) < 4.78 is 1.65. The fourth-order valence-corrected chi connectivity index (χ4v) is 3.01. The number of nitrogens with zero attached hydrogens (tertiary/aromatic N) is 4. The van der Waals surface area contributed by atoms with Gasteiger partial charge in [-0.25, -0.2) is 9.97 Å². The van der Waals surface area contributed by atoms with Crippen molar-refractivity contribution in [2.45, 2.75) is 5.16 Å². The quantitative estimate of drug-likeness (QED) is 0.323. The van der Waals surface area contributed by atoms with Crippen LogP contribution in [0, 0.1) is 0 Å². The Labute approximate surface area is 136 Å². The SMILES string of the molecule is CSc1ncc2c(n1)c(=O)n(-c1ccccc1)c1cnccc21. The molecule has 0 saturated heterocycles. The molecule has 0 bridgehead atoms. The molecule has 5 nitrogen and oxygen atoms in total. The molecule has 3 heterocycles. The number of para-hydroxylation sites is 1. The van der Waals surface area contributed by atoms with Gasteiger partial charge >= 0.3 is 0 Å². The van der Waals surface area contributed by atoms with Gasteiger partial charge < -0.3 is 0 Å². The van der Waals surface area contributed by atoms with Gasteiger partial charge in [0.2, 0.25) is 0 Å². The van der Waals surface area contributed by atoms with Crippen molar-refractivity contribution in [3.8, 4) is 5.69 Å². The summed E-state index contributed by atoms with van der Waals surface area (Å²) in [5, 5.41) is 2.24. The van der Waals surface area contributed by atoms with Crippen LogP contribution in [0.4, 0.5) is 0 Å². The van der Waals surface area contributed by atoms with Gasteiger partial charge in [-0.2, -0.15) is 0 Å². The van der Waals surface area contributed by atoms with Gasteiger partial charge in [0, 0.05) is 28.9 Å². The Bertz CT molecular complexity index is 1080. The van der Waals surface area contributed by atoms with Gasteiger partial charge in [0.1, 0.15) is 5.52 Å². The van der Waals surface area contributed by atoms with Crippen LogP contribution in [0.25, 0.3) is 27.5 Å². The fraction of sp³-hybridized carbons (Fsp3) is 0.0588. The molecule has 0 atom stereocenters. The molecule has 0 amide bonds. The Kier molecular flexibility index (Phi) is 3.31. The van der Waals surface area contributed by atoms with Crippen molar-refractivity contribution in [1.82, 2.24) is 19.5 Å². The second-order valence-corrected chi connectivity index (χ2v) is 5.76. The Morgan fingerprint density at radius 1 is 1.04 bits per heavy atom. The molecule has 112 valence electrons. The molecule has 0 radical (unpaired) electrons. The van der Waals surface area contributed by atoms with Gasteiger partial charge in [-0.1, -0.05) is 30.0 Å². The summed E-state index contributed by atoms with van der Waals surface area (Å²) in [6.45, 7) is 0. The predicted octanol–water partition coefficient (Wildman–Crippen LogP) is 3.05. The van der Waals surface area contributed by atoms with Crippen molar-refractivity contribution in [1.29, 1.82) is 0 Å². The monoisotopic (exact) mass is 320 g/mol. The Hall–Kier alpha value is -2.73. The number of fused-ring (bicyclic) bond motifs is 3. The Balaban J connectivity index is 2.23. The van der Waals surface area contributed by atoms with Crippen LogP contribution in [0.3, 0.4) is 0 Å². The zero-order chi connectivity index (χ0) is 15.8. The molecule has 4 rings (SSSR count). The van der Waals surface area contributed by atoms with Gasteiger partial charge in [0.15, 0.2) is 5.16 Å². The Morgan fingerprint density at radius 2 is 1.87 bits per heavy atom. The number of rotatable bonds is 2. The first kappa shape index (κ1) is 13.9. The molecule has 0 fully saturated rings. The zero-order valence-electron chi connectivity index (χ0n) is 12.3. The summed E-state index contributed by atoms with van der Waals surface area (Å²) in [7, 11) is 0. The maximum absolute atomic E-state index is 13.0. The third-order valence-electron chi connectivity index (χ3n) is 3.70. The highest BCUT2D eigenvalue weighted by Crippen LogP contribution is 2.23. The maximum Gasteiger partial charge on any atom is 0.282 e. The van der Waals surface area contributed by atoms with Crippen LogP contribution in [-0.2, 0) is 0 Å². The van der Waals surface area contributed by atoms with Crippen LogP contribution in [0.2, 0.25) is 0 Å². The van der Waals surface area contributed by atoms with E-state index in [0.717, 1.165) is 22.0 Å². The van der Waals surface area contributed by atoms with E-state index < -0.39 is 0 Å². The van der Waals surface area contributed by atoms with Crippen molar-refractivity contribution < 1.29 is 0 Å². The lowest BCUT2D eigenvalue weighted by Gasteiger charge is -2.12. The number of pyridine rings is 2. The highest BCUT2D eigenvalue weighted by Gasteiger charge is 2.14. The van der Waals surface area contributed by atoms with Crippen LogP contribution in [0.1, 0.15) is 0 Å². The molecule has 0 saturated carbocycles. The molecule has 1 aromatic carbocycles. The molecular formula is C17H12N4OS. The van der Waals surface area contributed by atoms with Gasteiger partial charge in [-0.15, -0.1) is 0 Å². The van der Waals surface area contributed by atoms with E-state index in [1.165, 1.54) is 11.8 Å². The highest BCUT2D eigenvalue weighted by atomic mass is 32.2. The molecule has 0 unspecified atom stereocenters. The number of hydrogen-bond donors (Lipinski definition) is 0. The third-order valence-corrected chi connectivity index (χ3v) is 4.26. The van der Waals surface area contributed by atoms with Crippen LogP contribution >= 0.6 is 11.8 Å². The summed E-state index contributed by atoms with van der Waals surface area (Å²) in [6, 6.07) is 11.4. The molecule has 6 heteroatoms. The standard InChI is InChI=1S/C17H12N4OS/c1-23-17-19-9-13-12-7-8-18-10-14(12)21(16(22)15(13)20-17)11-5-3-2-4-6-11/h2-10H,1H3. The van der Waals surface area contributed by atoms with Gasteiger partial charge in [-0.05, 0) is 24.5 Å². The molecule has 4 aromatic rings. The summed E-state index contributed by atoms with van der Waals surface area (Å²) in [6.07, 6.45) is 7.02. The minimum absolute atomic E-state index is 0.163. The molecule has 0 aliphatic carbocycles. The van der Waals surface area contributed by atoms with Crippen molar-refractivity contribution in [2.75, 3.05) is 6.26 Å². The van der Waals surface area contributed by atoms with Crippen molar-refractivity contribution in [3.63, 3.8) is 0 Å². The smallest absolute Gasteiger partial charge is 0.273 e. The minimum Gasteiger partial charge on any atom is -0.273 e. The molecule has 23 heavy (non-hydrogen) atoms. The van der Waals surface area contributed by atoms with Crippen LogP contribution < -0.4 is 5.56 Å². The lowest BCUT2D eigenvalue weighted by molar-refractivity contribution is 0.978. The zero-order valence-corrected chi connectivity index (χ0v) is 13.1. The largest absolute Gasteiger partial charge is 0.282 e. The average molecular weight is 320 g/mol. The van der Waals surface area contributed by atoms with Gasteiger partial charge in [0.05, 0.1) is 11.7 Å². The van der Waals surface area contributed by atoms with Crippen molar-refractivity contribution in [2.24, 2.45) is 0 Å². The van der Waals surface area contributed by atoms with E-state index in [1.54, 1.807) is 23.2 Å². The first-order valence-corrected chi connectivity index (χ1v) is 8.27. The summed E-state index contributed by atoms with van der Waals surface area (Å²) in [5.74, 6) is 0.